The molecule has 3 aromatic carbocycles. The van der Waals surface area contributed by atoms with Gasteiger partial charge >= 0.3 is 0 Å². The second kappa shape index (κ2) is 12.9. The molecule has 0 aliphatic rings. The van der Waals surface area contributed by atoms with Crippen LogP contribution in [0.15, 0.2) is 71.2 Å². The van der Waals surface area contributed by atoms with Crippen LogP contribution >= 0.6 is 27.5 Å². The van der Waals surface area contributed by atoms with Crippen molar-refractivity contribution in [1.29, 1.82) is 0 Å². The fraction of sp³-hybridized carbons (Fsp3) is 0.310. The molecule has 0 saturated heterocycles. The van der Waals surface area contributed by atoms with Gasteiger partial charge in [0.15, 0.2) is 6.61 Å². The van der Waals surface area contributed by atoms with E-state index < -0.39 is 6.04 Å². The Labute approximate surface area is 226 Å². The highest BCUT2D eigenvalue weighted by Crippen LogP contribution is 2.26. The molecule has 0 aliphatic carbocycles. The Hall–Kier alpha value is -2.83. The van der Waals surface area contributed by atoms with E-state index in [1.807, 2.05) is 82.3 Å². The predicted molar refractivity (Wildman–Crippen MR) is 148 cm³/mol. The van der Waals surface area contributed by atoms with Crippen molar-refractivity contribution in [2.24, 2.45) is 0 Å². The molecular weight excluding hydrogens is 540 g/mol. The van der Waals surface area contributed by atoms with E-state index in [9.17, 15) is 9.59 Å². The molecule has 0 bridgehead atoms. The minimum Gasteiger partial charge on any atom is -0.484 e. The summed E-state index contributed by atoms with van der Waals surface area (Å²) in [5, 5.41) is 3.60. The first kappa shape index (κ1) is 27.8. The number of benzene rings is 3. The second-order valence-corrected chi connectivity index (χ2v) is 10.4. The van der Waals surface area contributed by atoms with Crippen molar-refractivity contribution in [2.45, 2.75) is 52.7 Å². The summed E-state index contributed by atoms with van der Waals surface area (Å²) in [4.78, 5) is 28.6. The summed E-state index contributed by atoms with van der Waals surface area (Å²) in [5.74, 6) is 0.133. The molecule has 0 unspecified atom stereocenters. The van der Waals surface area contributed by atoms with Gasteiger partial charge in [-0.15, -0.1) is 0 Å². The lowest BCUT2D eigenvalue weighted by Gasteiger charge is -2.32. The first-order chi connectivity index (χ1) is 17.1. The molecule has 0 spiro atoms. The zero-order valence-electron chi connectivity index (χ0n) is 21.1. The zero-order chi connectivity index (χ0) is 26.2. The third kappa shape index (κ3) is 7.84. The molecule has 0 aliphatic heterocycles. The van der Waals surface area contributed by atoms with E-state index in [-0.39, 0.29) is 31.0 Å². The van der Waals surface area contributed by atoms with E-state index in [1.165, 1.54) is 0 Å². The Morgan fingerprint density at radius 3 is 2.17 bits per heavy atom. The number of hydrogen-bond donors (Lipinski definition) is 1. The van der Waals surface area contributed by atoms with Gasteiger partial charge in [0.05, 0.1) is 0 Å². The molecule has 2 amide bonds. The van der Waals surface area contributed by atoms with E-state index in [0.29, 0.717) is 17.2 Å². The third-order valence-electron chi connectivity index (χ3n) is 5.74. The number of nitrogens with one attached hydrogen (secondary N) is 1. The number of ether oxygens (including phenoxy) is 1. The van der Waals surface area contributed by atoms with Gasteiger partial charge in [-0.2, -0.15) is 0 Å². The number of carbonyl (C=O) groups excluding carboxylic acids is 2. The zero-order valence-corrected chi connectivity index (χ0v) is 23.4. The van der Waals surface area contributed by atoms with Crippen LogP contribution in [0, 0.1) is 13.8 Å². The molecular formula is C29H32BrClN2O3. The first-order valence-corrected chi connectivity index (χ1v) is 13.1. The van der Waals surface area contributed by atoms with Crippen LogP contribution in [0.25, 0.3) is 0 Å². The van der Waals surface area contributed by atoms with Crippen LogP contribution in [0.2, 0.25) is 5.02 Å². The summed E-state index contributed by atoms with van der Waals surface area (Å²) >= 11 is 9.63. The number of carbonyl (C=O) groups is 2. The van der Waals surface area contributed by atoms with Crippen LogP contribution in [0.5, 0.6) is 5.75 Å². The van der Waals surface area contributed by atoms with Crippen LogP contribution < -0.4 is 10.1 Å². The van der Waals surface area contributed by atoms with Crippen molar-refractivity contribution in [2.75, 3.05) is 6.61 Å². The van der Waals surface area contributed by atoms with Crippen LogP contribution in [-0.4, -0.2) is 35.4 Å². The summed E-state index contributed by atoms with van der Waals surface area (Å²) in [6.45, 7) is 7.83. The maximum Gasteiger partial charge on any atom is 0.261 e. The molecule has 7 heteroatoms. The van der Waals surface area contributed by atoms with Crippen molar-refractivity contribution >= 4 is 39.3 Å². The molecule has 3 rings (SSSR count). The quantitative estimate of drug-likeness (QED) is 0.312. The normalized spacial score (nSPS) is 11.8. The van der Waals surface area contributed by atoms with E-state index in [0.717, 1.165) is 26.7 Å². The van der Waals surface area contributed by atoms with Crippen LogP contribution in [0.4, 0.5) is 0 Å². The highest BCUT2D eigenvalue weighted by Gasteiger charge is 2.31. The van der Waals surface area contributed by atoms with Gasteiger partial charge in [-0.05, 0) is 74.2 Å². The minimum atomic E-state index is -0.713. The Balaban J connectivity index is 1.91. The van der Waals surface area contributed by atoms with Crippen LogP contribution in [0.1, 0.15) is 36.1 Å². The summed E-state index contributed by atoms with van der Waals surface area (Å²) < 4.78 is 6.93. The molecule has 190 valence electrons. The SMILES string of the molecule is Cc1cc(OCC(=O)N(Cc2ccc(Cl)cc2)[C@H](Cc2ccccc2)C(=O)NC(C)C)cc(C)c1Br. The van der Waals surface area contributed by atoms with Gasteiger partial charge in [-0.25, -0.2) is 0 Å². The maximum absolute atomic E-state index is 13.6. The Bertz CT molecular complexity index is 1160. The smallest absolute Gasteiger partial charge is 0.261 e. The fourth-order valence-corrected chi connectivity index (χ4v) is 4.29. The molecule has 0 saturated carbocycles. The second-order valence-electron chi connectivity index (χ2n) is 9.18. The maximum atomic E-state index is 13.6. The number of hydrogen-bond acceptors (Lipinski definition) is 3. The summed E-state index contributed by atoms with van der Waals surface area (Å²) in [6.07, 6.45) is 0.384. The topological polar surface area (TPSA) is 58.6 Å². The number of amides is 2. The number of rotatable bonds is 10. The Morgan fingerprint density at radius 2 is 1.58 bits per heavy atom. The average molecular weight is 572 g/mol. The summed E-state index contributed by atoms with van der Waals surface area (Å²) in [6, 6.07) is 20.0. The van der Waals surface area contributed by atoms with Crippen LogP contribution in [-0.2, 0) is 22.6 Å². The van der Waals surface area contributed by atoms with Crippen molar-refractivity contribution < 1.29 is 14.3 Å². The lowest BCUT2D eigenvalue weighted by Crippen LogP contribution is -2.52. The van der Waals surface area contributed by atoms with Gasteiger partial charge in [-0.3, -0.25) is 9.59 Å². The molecule has 0 heterocycles. The fourth-order valence-electron chi connectivity index (χ4n) is 3.94. The van der Waals surface area contributed by atoms with E-state index >= 15 is 0 Å². The number of halogens is 2. The lowest BCUT2D eigenvalue weighted by atomic mass is 10.0. The van der Waals surface area contributed by atoms with Gasteiger partial charge in [0, 0.05) is 28.5 Å². The van der Waals surface area contributed by atoms with Gasteiger partial charge in [-0.1, -0.05) is 70.0 Å². The highest BCUT2D eigenvalue weighted by atomic mass is 79.9. The van der Waals surface area contributed by atoms with E-state index in [1.54, 1.807) is 17.0 Å². The van der Waals surface area contributed by atoms with Crippen molar-refractivity contribution in [1.82, 2.24) is 10.2 Å². The van der Waals surface area contributed by atoms with Gasteiger partial charge < -0.3 is 15.0 Å². The molecule has 0 aromatic heterocycles. The van der Waals surface area contributed by atoms with Crippen molar-refractivity contribution in [3.05, 3.63) is 98.5 Å². The number of aryl methyl sites for hydroxylation is 2. The van der Waals surface area contributed by atoms with Gasteiger partial charge in [0.1, 0.15) is 11.8 Å². The first-order valence-electron chi connectivity index (χ1n) is 11.9. The molecule has 3 aromatic rings. The molecule has 1 N–H and O–H groups in total. The Morgan fingerprint density at radius 1 is 0.972 bits per heavy atom. The lowest BCUT2D eigenvalue weighted by molar-refractivity contribution is -0.143. The van der Waals surface area contributed by atoms with Gasteiger partial charge in [0.25, 0.3) is 5.91 Å². The largest absolute Gasteiger partial charge is 0.484 e. The predicted octanol–water partition coefficient (Wildman–Crippen LogP) is 6.26. The summed E-state index contributed by atoms with van der Waals surface area (Å²) in [5.41, 5.74) is 3.89. The average Bonchev–Trinajstić information content (AvgIpc) is 2.84. The molecule has 0 fully saturated rings. The molecule has 5 nitrogen and oxygen atoms in total. The minimum absolute atomic E-state index is 0.0618. The standard InChI is InChI=1S/C29H32BrClN2O3/c1-19(2)32-29(35)26(16-22-8-6-5-7-9-22)33(17-23-10-12-24(31)13-11-23)27(34)18-36-25-14-20(3)28(30)21(4)15-25/h5-15,19,26H,16-18H2,1-4H3,(H,32,35)/t26-/m1/s1. The van der Waals surface area contributed by atoms with Crippen molar-refractivity contribution in [3.8, 4) is 5.75 Å². The van der Waals surface area contributed by atoms with E-state index in [2.05, 4.69) is 21.2 Å². The monoisotopic (exact) mass is 570 g/mol. The van der Waals surface area contributed by atoms with E-state index in [4.69, 9.17) is 16.3 Å². The third-order valence-corrected chi connectivity index (χ3v) is 7.24. The van der Waals surface area contributed by atoms with Crippen LogP contribution in [0.3, 0.4) is 0 Å². The number of nitrogens with zero attached hydrogens (tertiary/aromatic N) is 1. The molecule has 36 heavy (non-hydrogen) atoms. The highest BCUT2D eigenvalue weighted by molar-refractivity contribution is 9.10. The summed E-state index contributed by atoms with van der Waals surface area (Å²) in [7, 11) is 0. The van der Waals surface area contributed by atoms with Crippen molar-refractivity contribution in [3.63, 3.8) is 0 Å². The van der Waals surface area contributed by atoms with Gasteiger partial charge in [0.2, 0.25) is 5.91 Å². The molecule has 0 radical (unpaired) electrons. The molecule has 1 atom stereocenters. The Kier molecular flexibility index (Phi) is 9.97.